The zero-order valence-electron chi connectivity index (χ0n) is 17.8. The Kier molecular flexibility index (Phi) is 6.61. The van der Waals surface area contributed by atoms with Crippen LogP contribution in [-0.2, 0) is 6.18 Å². The molecule has 1 amide bonds. The summed E-state index contributed by atoms with van der Waals surface area (Å²) in [6.07, 6.45) is -3.19. The SMILES string of the molecule is CCOc1cc(C(=O)N(C2CC2)C(C)c2cccc(C(F)(F)F)c2)c([N+](=O)[O-])cc1OC. The average Bonchev–Trinajstić information content (AvgIpc) is 3.58. The summed E-state index contributed by atoms with van der Waals surface area (Å²) in [7, 11) is 1.33. The zero-order chi connectivity index (χ0) is 23.6. The Bertz CT molecular complexity index is 1020. The minimum Gasteiger partial charge on any atom is -0.493 e. The maximum Gasteiger partial charge on any atom is 0.416 e. The molecule has 2 aromatic rings. The summed E-state index contributed by atoms with van der Waals surface area (Å²) in [5.41, 5.74) is -1.19. The third-order valence-electron chi connectivity index (χ3n) is 5.30. The van der Waals surface area contributed by atoms with Crippen molar-refractivity contribution < 1.29 is 32.4 Å². The number of hydrogen-bond acceptors (Lipinski definition) is 5. The molecule has 2 aromatic carbocycles. The minimum absolute atomic E-state index is 0.110. The summed E-state index contributed by atoms with van der Waals surface area (Å²) in [4.78, 5) is 25.9. The van der Waals surface area contributed by atoms with Gasteiger partial charge in [-0.25, -0.2) is 0 Å². The molecule has 0 bridgehead atoms. The van der Waals surface area contributed by atoms with Crippen LogP contribution in [-0.4, -0.2) is 35.5 Å². The highest BCUT2D eigenvalue weighted by molar-refractivity contribution is 5.99. The van der Waals surface area contributed by atoms with Crippen LogP contribution in [0.15, 0.2) is 36.4 Å². The molecular formula is C22H23F3N2O5. The summed E-state index contributed by atoms with van der Waals surface area (Å²) in [6, 6.07) is 6.20. The first kappa shape index (κ1) is 23.4. The number of amides is 1. The Labute approximate surface area is 182 Å². The van der Waals surface area contributed by atoms with E-state index in [2.05, 4.69) is 0 Å². The smallest absolute Gasteiger partial charge is 0.416 e. The van der Waals surface area contributed by atoms with E-state index in [9.17, 15) is 28.1 Å². The van der Waals surface area contributed by atoms with E-state index >= 15 is 0 Å². The van der Waals surface area contributed by atoms with E-state index in [1.165, 1.54) is 30.2 Å². The van der Waals surface area contributed by atoms with E-state index in [0.717, 1.165) is 18.2 Å². The first-order chi connectivity index (χ1) is 15.1. The predicted octanol–water partition coefficient (Wildman–Crippen LogP) is 5.39. The molecule has 0 saturated heterocycles. The van der Waals surface area contributed by atoms with E-state index in [1.54, 1.807) is 13.8 Å². The average molecular weight is 452 g/mol. The molecule has 7 nitrogen and oxygen atoms in total. The number of hydrogen-bond donors (Lipinski definition) is 0. The highest BCUT2D eigenvalue weighted by atomic mass is 19.4. The monoisotopic (exact) mass is 452 g/mol. The predicted molar refractivity (Wildman–Crippen MR) is 110 cm³/mol. The number of benzene rings is 2. The first-order valence-corrected chi connectivity index (χ1v) is 10.1. The molecule has 0 aliphatic heterocycles. The van der Waals surface area contributed by atoms with E-state index in [0.29, 0.717) is 18.4 Å². The lowest BCUT2D eigenvalue weighted by Crippen LogP contribution is -2.36. The fourth-order valence-electron chi connectivity index (χ4n) is 3.58. The van der Waals surface area contributed by atoms with Crippen molar-refractivity contribution in [3.05, 3.63) is 63.2 Å². The summed E-state index contributed by atoms with van der Waals surface area (Å²) >= 11 is 0. The van der Waals surface area contributed by atoms with E-state index in [-0.39, 0.29) is 29.7 Å². The molecule has 0 radical (unpaired) electrons. The van der Waals surface area contributed by atoms with Crippen LogP contribution in [0.2, 0.25) is 0 Å². The standard InChI is InChI=1S/C22H23F3N2O5/c1-4-32-20-11-17(18(27(29)30)12-19(20)31-3)21(28)26(16-8-9-16)13(2)14-6-5-7-15(10-14)22(23,24)25/h5-7,10-13,16H,4,8-9H2,1-3H3. The molecule has 3 rings (SSSR count). The largest absolute Gasteiger partial charge is 0.493 e. The molecule has 1 aliphatic carbocycles. The molecule has 1 unspecified atom stereocenters. The van der Waals surface area contributed by atoms with Crippen LogP contribution < -0.4 is 9.47 Å². The number of ether oxygens (including phenoxy) is 2. The number of carbonyl (C=O) groups is 1. The van der Waals surface area contributed by atoms with Gasteiger partial charge in [-0.3, -0.25) is 14.9 Å². The van der Waals surface area contributed by atoms with Gasteiger partial charge < -0.3 is 14.4 Å². The molecule has 1 fully saturated rings. The molecule has 1 aliphatic rings. The van der Waals surface area contributed by atoms with Gasteiger partial charge in [-0.15, -0.1) is 0 Å². The molecule has 10 heteroatoms. The van der Waals surface area contributed by atoms with Gasteiger partial charge in [0.1, 0.15) is 5.56 Å². The van der Waals surface area contributed by atoms with Crippen molar-refractivity contribution in [2.45, 2.75) is 44.9 Å². The van der Waals surface area contributed by atoms with Gasteiger partial charge in [0.2, 0.25) is 0 Å². The van der Waals surface area contributed by atoms with Crippen LogP contribution in [0.1, 0.15) is 54.2 Å². The molecule has 172 valence electrons. The Morgan fingerprint density at radius 1 is 1.25 bits per heavy atom. The highest BCUT2D eigenvalue weighted by Crippen LogP contribution is 2.41. The Morgan fingerprint density at radius 3 is 2.47 bits per heavy atom. The second-order valence-corrected chi connectivity index (χ2v) is 7.45. The molecule has 0 spiro atoms. The van der Waals surface area contributed by atoms with Gasteiger partial charge >= 0.3 is 6.18 Å². The van der Waals surface area contributed by atoms with E-state index in [4.69, 9.17) is 9.47 Å². The van der Waals surface area contributed by atoms with Gasteiger partial charge in [0.15, 0.2) is 11.5 Å². The fraction of sp³-hybridized carbons (Fsp3) is 0.409. The molecule has 0 heterocycles. The molecule has 0 aromatic heterocycles. The number of rotatable bonds is 8. The lowest BCUT2D eigenvalue weighted by Gasteiger charge is -2.30. The Hall–Kier alpha value is -3.30. The first-order valence-electron chi connectivity index (χ1n) is 10.1. The van der Waals surface area contributed by atoms with Crippen molar-refractivity contribution in [2.75, 3.05) is 13.7 Å². The van der Waals surface area contributed by atoms with Gasteiger partial charge in [0.25, 0.3) is 11.6 Å². The van der Waals surface area contributed by atoms with Crippen LogP contribution in [0.4, 0.5) is 18.9 Å². The number of carbonyl (C=O) groups excluding carboxylic acids is 1. The number of nitro benzene ring substituents is 1. The molecule has 1 saturated carbocycles. The van der Waals surface area contributed by atoms with Crippen molar-refractivity contribution >= 4 is 11.6 Å². The number of nitro groups is 1. The summed E-state index contributed by atoms with van der Waals surface area (Å²) in [5, 5.41) is 11.7. The Morgan fingerprint density at radius 2 is 1.94 bits per heavy atom. The van der Waals surface area contributed by atoms with E-state index in [1.807, 2.05) is 0 Å². The zero-order valence-corrected chi connectivity index (χ0v) is 17.8. The van der Waals surface area contributed by atoms with Gasteiger partial charge in [0, 0.05) is 12.1 Å². The molecular weight excluding hydrogens is 429 g/mol. The van der Waals surface area contributed by atoms with Crippen molar-refractivity contribution in [1.29, 1.82) is 0 Å². The van der Waals surface area contributed by atoms with Crippen LogP contribution in [0, 0.1) is 10.1 Å². The van der Waals surface area contributed by atoms with Crippen molar-refractivity contribution in [3.63, 3.8) is 0 Å². The Balaban J connectivity index is 2.05. The van der Waals surface area contributed by atoms with Crippen molar-refractivity contribution in [3.8, 4) is 11.5 Å². The van der Waals surface area contributed by atoms with Crippen LogP contribution in [0.3, 0.4) is 0 Å². The quantitative estimate of drug-likeness (QED) is 0.396. The van der Waals surface area contributed by atoms with Crippen LogP contribution in [0.5, 0.6) is 11.5 Å². The van der Waals surface area contributed by atoms with E-state index < -0.39 is 34.3 Å². The number of alkyl halides is 3. The maximum absolute atomic E-state index is 13.5. The van der Waals surface area contributed by atoms with Crippen LogP contribution in [0.25, 0.3) is 0 Å². The number of methoxy groups -OCH3 is 1. The van der Waals surface area contributed by atoms with Gasteiger partial charge in [0.05, 0.1) is 36.3 Å². The van der Waals surface area contributed by atoms with Gasteiger partial charge in [-0.2, -0.15) is 13.2 Å². The summed E-state index contributed by atoms with van der Waals surface area (Å²) in [5.74, 6) is -0.363. The number of halogens is 3. The lowest BCUT2D eigenvalue weighted by molar-refractivity contribution is -0.385. The molecule has 32 heavy (non-hydrogen) atoms. The third kappa shape index (κ3) is 4.79. The second kappa shape index (κ2) is 9.05. The summed E-state index contributed by atoms with van der Waals surface area (Å²) < 4.78 is 50.1. The molecule has 1 atom stereocenters. The van der Waals surface area contributed by atoms with Crippen molar-refractivity contribution in [2.24, 2.45) is 0 Å². The van der Waals surface area contributed by atoms with Gasteiger partial charge in [-0.1, -0.05) is 12.1 Å². The van der Waals surface area contributed by atoms with Crippen LogP contribution >= 0.6 is 0 Å². The minimum atomic E-state index is -4.52. The highest BCUT2D eigenvalue weighted by Gasteiger charge is 2.40. The topological polar surface area (TPSA) is 81.9 Å². The summed E-state index contributed by atoms with van der Waals surface area (Å²) in [6.45, 7) is 3.58. The lowest BCUT2D eigenvalue weighted by atomic mass is 10.0. The van der Waals surface area contributed by atoms with Gasteiger partial charge in [-0.05, 0) is 44.4 Å². The fourth-order valence-corrected chi connectivity index (χ4v) is 3.58. The van der Waals surface area contributed by atoms with Crippen molar-refractivity contribution in [1.82, 2.24) is 4.90 Å². The maximum atomic E-state index is 13.5. The number of nitrogens with zero attached hydrogens (tertiary/aromatic N) is 2. The third-order valence-corrected chi connectivity index (χ3v) is 5.30. The second-order valence-electron chi connectivity index (χ2n) is 7.45. The normalized spacial score (nSPS) is 14.6. The molecule has 0 N–H and O–H groups in total.